The molecule has 0 aliphatic carbocycles. The Balaban J connectivity index is 0.00000180. The van der Waals surface area contributed by atoms with Gasteiger partial charge in [0.25, 0.3) is 0 Å². The van der Waals surface area contributed by atoms with Gasteiger partial charge in [0.15, 0.2) is 0 Å². The molecule has 0 unspecified atom stereocenters. The predicted octanol–water partition coefficient (Wildman–Crippen LogP) is -2.60. The third-order valence-electron chi connectivity index (χ3n) is 2.78. The van der Waals surface area contributed by atoms with E-state index in [-0.39, 0.29) is 57.1 Å². The van der Waals surface area contributed by atoms with Gasteiger partial charge in [0, 0.05) is 25.0 Å². The van der Waals surface area contributed by atoms with Crippen LogP contribution in [0, 0.1) is 11.3 Å². The number of hydrogen-bond donors (Lipinski definition) is 0. The Kier molecular flexibility index (Phi) is 7.35. The number of anilines is 1. The minimum Gasteiger partial charge on any atom is -0.549 e. The zero-order valence-corrected chi connectivity index (χ0v) is 14.7. The van der Waals surface area contributed by atoms with Crippen LogP contribution in [-0.2, 0) is 4.79 Å². The second-order valence-corrected chi connectivity index (χ2v) is 4.94. The molecule has 0 radical (unpaired) electrons. The molecular weight excluding hydrogens is 289 g/mol. The van der Waals surface area contributed by atoms with Crippen LogP contribution in [0.1, 0.15) is 18.4 Å². The summed E-state index contributed by atoms with van der Waals surface area (Å²) < 4.78 is 0. The van der Waals surface area contributed by atoms with Crippen LogP contribution in [0.15, 0.2) is 17.3 Å². The van der Waals surface area contributed by atoms with E-state index >= 15 is 0 Å². The zero-order chi connectivity index (χ0) is 13.0. The first-order valence-electron chi connectivity index (χ1n) is 5.69. The molecule has 0 amide bonds. The standard InChI is InChI=1S/C12H13N3O2S.K/c13-7-9-10(15-5-1-2-6-15)3-4-14-12(9)18-8-11(16)17;/h3-4H,1-2,5-6,8H2,(H,16,17);/q;+1/p-1. The summed E-state index contributed by atoms with van der Waals surface area (Å²) in [6.45, 7) is 1.87. The number of rotatable bonds is 4. The molecule has 0 N–H and O–H groups in total. The second kappa shape index (κ2) is 8.24. The molecule has 1 aromatic heterocycles. The molecule has 1 saturated heterocycles. The van der Waals surface area contributed by atoms with Crippen molar-refractivity contribution in [3.63, 3.8) is 0 Å². The van der Waals surface area contributed by atoms with Crippen molar-refractivity contribution >= 4 is 23.4 Å². The number of aromatic nitrogens is 1. The molecular formula is C12H12KN3O2S. The van der Waals surface area contributed by atoms with Crippen molar-refractivity contribution in [2.75, 3.05) is 23.7 Å². The molecule has 5 nitrogen and oxygen atoms in total. The van der Waals surface area contributed by atoms with Crippen molar-refractivity contribution in [1.29, 1.82) is 5.26 Å². The minimum absolute atomic E-state index is 0. The van der Waals surface area contributed by atoms with Crippen molar-refractivity contribution in [2.24, 2.45) is 0 Å². The average molecular weight is 301 g/mol. The van der Waals surface area contributed by atoms with Crippen molar-refractivity contribution in [1.82, 2.24) is 4.98 Å². The quantitative estimate of drug-likeness (QED) is 0.448. The number of carbonyl (C=O) groups excluding carboxylic acids is 1. The van der Waals surface area contributed by atoms with Crippen molar-refractivity contribution in [3.05, 3.63) is 17.8 Å². The fraction of sp³-hybridized carbons (Fsp3) is 0.417. The third kappa shape index (κ3) is 4.45. The molecule has 1 fully saturated rings. The summed E-state index contributed by atoms with van der Waals surface area (Å²) in [5.41, 5.74) is 1.32. The molecule has 1 aliphatic rings. The van der Waals surface area contributed by atoms with Crippen LogP contribution in [-0.4, -0.2) is 29.8 Å². The SMILES string of the molecule is N#Cc1c(N2CCCC2)ccnc1SCC(=O)[O-].[K+]. The molecule has 1 aliphatic heterocycles. The second-order valence-electron chi connectivity index (χ2n) is 3.98. The van der Waals surface area contributed by atoms with Crippen LogP contribution >= 0.6 is 11.8 Å². The Labute approximate surface area is 158 Å². The normalized spacial score (nSPS) is 13.7. The summed E-state index contributed by atoms with van der Waals surface area (Å²) in [5, 5.41) is 20.2. The van der Waals surface area contributed by atoms with Crippen LogP contribution in [0.4, 0.5) is 5.69 Å². The Morgan fingerprint density at radius 3 is 2.79 bits per heavy atom. The van der Waals surface area contributed by atoms with Crippen LogP contribution in [0.2, 0.25) is 0 Å². The molecule has 0 atom stereocenters. The molecule has 7 heteroatoms. The fourth-order valence-corrected chi connectivity index (χ4v) is 2.68. The van der Waals surface area contributed by atoms with Gasteiger partial charge in [-0.05, 0) is 18.9 Å². The van der Waals surface area contributed by atoms with E-state index in [4.69, 9.17) is 0 Å². The first-order chi connectivity index (χ1) is 8.72. The number of nitriles is 1. The first kappa shape index (κ1) is 16.9. The van der Waals surface area contributed by atoms with Gasteiger partial charge < -0.3 is 14.8 Å². The molecule has 94 valence electrons. The number of nitrogens with zero attached hydrogens (tertiary/aromatic N) is 3. The number of carboxylic acids is 1. The van der Waals surface area contributed by atoms with Crippen molar-refractivity contribution < 1.29 is 61.3 Å². The molecule has 19 heavy (non-hydrogen) atoms. The summed E-state index contributed by atoms with van der Waals surface area (Å²) in [4.78, 5) is 16.7. The van der Waals surface area contributed by atoms with Crippen molar-refractivity contribution in [3.8, 4) is 6.07 Å². The van der Waals surface area contributed by atoms with Gasteiger partial charge >= 0.3 is 51.4 Å². The number of carbonyl (C=O) groups is 1. The van der Waals surface area contributed by atoms with Gasteiger partial charge in [-0.3, -0.25) is 0 Å². The van der Waals surface area contributed by atoms with Gasteiger partial charge in [0.1, 0.15) is 16.7 Å². The van der Waals surface area contributed by atoms with Gasteiger partial charge in [0.2, 0.25) is 0 Å². The number of thioether (sulfide) groups is 1. The third-order valence-corrected chi connectivity index (χ3v) is 3.74. The minimum atomic E-state index is -1.16. The molecule has 0 spiro atoms. The van der Waals surface area contributed by atoms with E-state index in [0.29, 0.717) is 10.6 Å². The van der Waals surface area contributed by atoms with Gasteiger partial charge in [-0.1, -0.05) is 11.8 Å². The summed E-state index contributed by atoms with van der Waals surface area (Å²) in [7, 11) is 0. The molecule has 0 bridgehead atoms. The first-order valence-corrected chi connectivity index (χ1v) is 6.67. The van der Waals surface area contributed by atoms with E-state index in [9.17, 15) is 15.2 Å². The van der Waals surface area contributed by atoms with Gasteiger partial charge in [-0.15, -0.1) is 0 Å². The zero-order valence-electron chi connectivity index (χ0n) is 10.8. The van der Waals surface area contributed by atoms with E-state index in [2.05, 4.69) is 16.0 Å². The maximum atomic E-state index is 10.5. The van der Waals surface area contributed by atoms with E-state index < -0.39 is 5.97 Å². The van der Waals surface area contributed by atoms with E-state index in [1.54, 1.807) is 6.20 Å². The molecule has 0 aromatic carbocycles. The molecule has 0 saturated carbocycles. The Morgan fingerprint density at radius 1 is 1.53 bits per heavy atom. The van der Waals surface area contributed by atoms with Gasteiger partial charge in [-0.25, -0.2) is 4.98 Å². The number of aliphatic carboxylic acids is 1. The molecule has 1 aromatic rings. The van der Waals surface area contributed by atoms with E-state index in [0.717, 1.165) is 43.4 Å². The Bertz CT molecular complexity index is 498. The number of carboxylic acid groups (broad SMARTS) is 1. The average Bonchev–Trinajstić information content (AvgIpc) is 2.89. The van der Waals surface area contributed by atoms with Gasteiger partial charge in [-0.2, -0.15) is 5.26 Å². The number of pyridine rings is 1. The summed E-state index contributed by atoms with van der Waals surface area (Å²) in [5.74, 6) is -1.34. The monoisotopic (exact) mass is 301 g/mol. The number of hydrogen-bond acceptors (Lipinski definition) is 6. The predicted molar refractivity (Wildman–Crippen MR) is 66.1 cm³/mol. The fourth-order valence-electron chi connectivity index (χ4n) is 2.00. The van der Waals surface area contributed by atoms with E-state index in [1.165, 1.54) is 0 Å². The Hall–Kier alpha value is -0.104. The maximum Gasteiger partial charge on any atom is 1.00 e. The largest absolute Gasteiger partial charge is 1.00 e. The van der Waals surface area contributed by atoms with Crippen LogP contribution < -0.4 is 61.4 Å². The van der Waals surface area contributed by atoms with Crippen molar-refractivity contribution in [2.45, 2.75) is 17.9 Å². The molecule has 2 heterocycles. The van der Waals surface area contributed by atoms with Crippen LogP contribution in [0.5, 0.6) is 0 Å². The van der Waals surface area contributed by atoms with Gasteiger partial charge in [0.05, 0.1) is 11.7 Å². The van der Waals surface area contributed by atoms with Crippen LogP contribution in [0.25, 0.3) is 0 Å². The Morgan fingerprint density at radius 2 is 2.21 bits per heavy atom. The maximum absolute atomic E-state index is 10.5. The molecule has 2 rings (SSSR count). The summed E-state index contributed by atoms with van der Waals surface area (Å²) in [6.07, 6.45) is 3.86. The summed E-state index contributed by atoms with van der Waals surface area (Å²) in [6, 6.07) is 3.94. The topological polar surface area (TPSA) is 80.0 Å². The smallest absolute Gasteiger partial charge is 0.549 e. The van der Waals surface area contributed by atoms with Crippen LogP contribution in [0.3, 0.4) is 0 Å². The van der Waals surface area contributed by atoms with E-state index in [1.807, 2.05) is 6.07 Å². The summed E-state index contributed by atoms with van der Waals surface area (Å²) >= 11 is 1.03.